The van der Waals surface area contributed by atoms with Crippen LogP contribution in [0, 0.1) is 0 Å². The van der Waals surface area contributed by atoms with Crippen LogP contribution in [0.15, 0.2) is 42.5 Å². The molecule has 4 heteroatoms. The third-order valence-corrected chi connectivity index (χ3v) is 3.47. The highest BCUT2D eigenvalue weighted by Gasteiger charge is 2.04. The van der Waals surface area contributed by atoms with Gasteiger partial charge in [-0.3, -0.25) is 0 Å². The van der Waals surface area contributed by atoms with Crippen LogP contribution in [0.4, 0.5) is 0 Å². The second-order valence-corrected chi connectivity index (χ2v) is 5.10. The summed E-state index contributed by atoms with van der Waals surface area (Å²) in [7, 11) is 0. The van der Waals surface area contributed by atoms with E-state index >= 15 is 0 Å². The first-order valence-corrected chi connectivity index (χ1v) is 6.66. The first kappa shape index (κ1) is 14.2. The number of hydrogen-bond donors (Lipinski definition) is 1. The quantitative estimate of drug-likeness (QED) is 0.891. The minimum atomic E-state index is -0.506. The lowest BCUT2D eigenvalue weighted by atomic mass is 10.1. The van der Waals surface area contributed by atoms with Crippen LogP contribution in [-0.4, -0.2) is 5.11 Å². The highest BCUT2D eigenvalue weighted by Crippen LogP contribution is 2.24. The number of benzene rings is 2. The summed E-state index contributed by atoms with van der Waals surface area (Å²) in [6.45, 7) is 2.12. The van der Waals surface area contributed by atoms with E-state index in [1.54, 1.807) is 19.1 Å². The van der Waals surface area contributed by atoms with E-state index in [1.165, 1.54) is 0 Å². The van der Waals surface area contributed by atoms with Crippen LogP contribution in [0.1, 0.15) is 24.2 Å². The molecule has 2 aromatic rings. The topological polar surface area (TPSA) is 29.5 Å². The number of hydrogen-bond acceptors (Lipinski definition) is 2. The van der Waals surface area contributed by atoms with Crippen molar-refractivity contribution in [1.29, 1.82) is 0 Å². The molecule has 0 amide bonds. The van der Waals surface area contributed by atoms with Gasteiger partial charge < -0.3 is 9.84 Å². The summed E-state index contributed by atoms with van der Waals surface area (Å²) < 4.78 is 5.66. The Morgan fingerprint density at radius 2 is 1.89 bits per heavy atom. The first-order chi connectivity index (χ1) is 9.06. The molecule has 0 heterocycles. The number of aliphatic hydroxyl groups is 1. The molecule has 1 atom stereocenters. The molecule has 2 rings (SSSR count). The summed E-state index contributed by atoms with van der Waals surface area (Å²) in [5.41, 5.74) is 1.77. The van der Waals surface area contributed by atoms with Gasteiger partial charge in [0.15, 0.2) is 0 Å². The first-order valence-electron chi connectivity index (χ1n) is 5.91. The molecule has 0 saturated heterocycles. The van der Waals surface area contributed by atoms with E-state index in [4.69, 9.17) is 27.9 Å². The van der Waals surface area contributed by atoms with Crippen molar-refractivity contribution in [2.45, 2.75) is 19.6 Å². The van der Waals surface area contributed by atoms with E-state index in [1.807, 2.05) is 30.3 Å². The normalized spacial score (nSPS) is 12.2. The number of ether oxygens (including phenoxy) is 1. The molecular formula is C15H14Cl2O2. The fourth-order valence-electron chi connectivity index (χ4n) is 1.66. The van der Waals surface area contributed by atoms with Crippen LogP contribution in [0.5, 0.6) is 5.75 Å². The van der Waals surface area contributed by atoms with Crippen molar-refractivity contribution in [3.05, 3.63) is 63.6 Å². The summed E-state index contributed by atoms with van der Waals surface area (Å²) in [5, 5.41) is 10.6. The molecule has 2 aromatic carbocycles. The van der Waals surface area contributed by atoms with Crippen molar-refractivity contribution in [1.82, 2.24) is 0 Å². The van der Waals surface area contributed by atoms with E-state index in [0.29, 0.717) is 22.4 Å². The Hall–Kier alpha value is -1.22. The second kappa shape index (κ2) is 6.29. The van der Waals surface area contributed by atoms with Gasteiger partial charge in [0.1, 0.15) is 12.4 Å². The summed E-state index contributed by atoms with van der Waals surface area (Å²) in [6, 6.07) is 12.8. The maximum Gasteiger partial charge on any atom is 0.120 e. The molecule has 0 aliphatic heterocycles. The Balaban J connectivity index is 2.05. The van der Waals surface area contributed by atoms with E-state index in [2.05, 4.69) is 0 Å². The zero-order valence-corrected chi connectivity index (χ0v) is 11.9. The van der Waals surface area contributed by atoms with Crippen molar-refractivity contribution in [3.63, 3.8) is 0 Å². The molecule has 19 heavy (non-hydrogen) atoms. The molecule has 0 saturated carbocycles. The SMILES string of the molecule is C[C@@H](O)c1cccc(OCc2ccc(Cl)c(Cl)c2)c1. The van der Waals surface area contributed by atoms with Gasteiger partial charge >= 0.3 is 0 Å². The Bertz CT molecular complexity index is 568. The van der Waals surface area contributed by atoms with Gasteiger partial charge in [0.2, 0.25) is 0 Å². The zero-order chi connectivity index (χ0) is 13.8. The molecule has 0 aliphatic rings. The largest absolute Gasteiger partial charge is 0.489 e. The molecule has 0 unspecified atom stereocenters. The average Bonchev–Trinajstić information content (AvgIpc) is 2.40. The van der Waals surface area contributed by atoms with Gasteiger partial charge in [0, 0.05) is 0 Å². The number of rotatable bonds is 4. The molecule has 1 N–H and O–H groups in total. The summed E-state index contributed by atoms with van der Waals surface area (Å²) in [4.78, 5) is 0. The zero-order valence-electron chi connectivity index (χ0n) is 10.4. The predicted molar refractivity (Wildman–Crippen MR) is 77.9 cm³/mol. The predicted octanol–water partition coefficient (Wildman–Crippen LogP) is 4.63. The maximum atomic E-state index is 9.51. The van der Waals surface area contributed by atoms with Gasteiger partial charge in [0.25, 0.3) is 0 Å². The molecule has 0 aliphatic carbocycles. The summed E-state index contributed by atoms with van der Waals surface area (Å²) >= 11 is 11.8. The van der Waals surface area contributed by atoms with Gasteiger partial charge in [-0.05, 0) is 42.3 Å². The Labute approximate surface area is 122 Å². The monoisotopic (exact) mass is 296 g/mol. The number of aliphatic hydroxyl groups excluding tert-OH is 1. The molecule has 2 nitrogen and oxygen atoms in total. The van der Waals surface area contributed by atoms with Crippen molar-refractivity contribution in [2.24, 2.45) is 0 Å². The Morgan fingerprint density at radius 3 is 2.58 bits per heavy atom. The lowest BCUT2D eigenvalue weighted by molar-refractivity contribution is 0.198. The van der Waals surface area contributed by atoms with Crippen LogP contribution in [0.3, 0.4) is 0 Å². The fourth-order valence-corrected chi connectivity index (χ4v) is 1.98. The molecule has 0 aromatic heterocycles. The highest BCUT2D eigenvalue weighted by atomic mass is 35.5. The fraction of sp³-hybridized carbons (Fsp3) is 0.200. The smallest absolute Gasteiger partial charge is 0.120 e. The van der Waals surface area contributed by atoms with Crippen molar-refractivity contribution in [2.75, 3.05) is 0 Å². The Morgan fingerprint density at radius 1 is 1.11 bits per heavy atom. The van der Waals surface area contributed by atoms with Crippen LogP contribution in [-0.2, 0) is 6.61 Å². The van der Waals surface area contributed by atoms with Gasteiger partial charge in [-0.1, -0.05) is 41.4 Å². The lowest BCUT2D eigenvalue weighted by Crippen LogP contribution is -1.97. The summed E-state index contributed by atoms with van der Waals surface area (Å²) in [6.07, 6.45) is -0.506. The van der Waals surface area contributed by atoms with Gasteiger partial charge in [-0.25, -0.2) is 0 Å². The van der Waals surface area contributed by atoms with Crippen LogP contribution < -0.4 is 4.74 Å². The minimum absolute atomic E-state index is 0.403. The highest BCUT2D eigenvalue weighted by molar-refractivity contribution is 6.42. The number of halogens is 2. The van der Waals surface area contributed by atoms with E-state index in [0.717, 1.165) is 11.1 Å². The van der Waals surface area contributed by atoms with Gasteiger partial charge in [-0.15, -0.1) is 0 Å². The molecule has 0 radical (unpaired) electrons. The minimum Gasteiger partial charge on any atom is -0.489 e. The van der Waals surface area contributed by atoms with Crippen molar-refractivity contribution >= 4 is 23.2 Å². The standard InChI is InChI=1S/C15H14Cl2O2/c1-10(18)12-3-2-4-13(8-12)19-9-11-5-6-14(16)15(17)7-11/h2-8,10,18H,9H2,1H3/t10-/m1/s1. The van der Waals surface area contributed by atoms with E-state index in [-0.39, 0.29) is 0 Å². The van der Waals surface area contributed by atoms with E-state index < -0.39 is 6.10 Å². The second-order valence-electron chi connectivity index (χ2n) is 4.29. The molecule has 0 bridgehead atoms. The third-order valence-electron chi connectivity index (χ3n) is 2.73. The van der Waals surface area contributed by atoms with Gasteiger partial charge in [0.05, 0.1) is 16.1 Å². The molecule has 100 valence electrons. The van der Waals surface area contributed by atoms with Crippen LogP contribution in [0.2, 0.25) is 10.0 Å². The third kappa shape index (κ3) is 3.87. The van der Waals surface area contributed by atoms with Crippen molar-refractivity contribution in [3.8, 4) is 5.75 Å². The van der Waals surface area contributed by atoms with Crippen molar-refractivity contribution < 1.29 is 9.84 Å². The lowest BCUT2D eigenvalue weighted by Gasteiger charge is -2.10. The molecular weight excluding hydrogens is 283 g/mol. The average molecular weight is 297 g/mol. The molecule has 0 spiro atoms. The Kier molecular flexibility index (Phi) is 4.70. The summed E-state index contributed by atoms with van der Waals surface area (Å²) in [5.74, 6) is 0.712. The van der Waals surface area contributed by atoms with Crippen LogP contribution in [0.25, 0.3) is 0 Å². The van der Waals surface area contributed by atoms with E-state index in [9.17, 15) is 5.11 Å². The van der Waals surface area contributed by atoms with Gasteiger partial charge in [-0.2, -0.15) is 0 Å². The molecule has 0 fully saturated rings. The maximum absolute atomic E-state index is 9.51. The van der Waals surface area contributed by atoms with Crippen LogP contribution >= 0.6 is 23.2 Å².